The van der Waals surface area contributed by atoms with Gasteiger partial charge in [0.05, 0.1) is 23.4 Å². The van der Waals surface area contributed by atoms with E-state index in [1.165, 1.54) is 12.3 Å². The molecule has 10 heteroatoms. The molecule has 2 aliphatic rings. The summed E-state index contributed by atoms with van der Waals surface area (Å²) in [5.74, 6) is 0.124. The van der Waals surface area contributed by atoms with Crippen molar-refractivity contribution in [1.29, 1.82) is 0 Å². The minimum atomic E-state index is -4.56. The van der Waals surface area contributed by atoms with Gasteiger partial charge in [-0.05, 0) is 57.9 Å². The maximum Gasteiger partial charge on any atom is 0.418 e. The summed E-state index contributed by atoms with van der Waals surface area (Å²) >= 11 is 0. The summed E-state index contributed by atoms with van der Waals surface area (Å²) in [5, 5.41) is 12.8. The van der Waals surface area contributed by atoms with Crippen molar-refractivity contribution in [3.63, 3.8) is 0 Å². The minimum absolute atomic E-state index is 0.0822. The number of anilines is 1. The lowest BCUT2D eigenvalue weighted by Gasteiger charge is -2.40. The number of carbonyl (C=O) groups excluding carboxylic acids is 1. The number of alkyl halides is 3. The zero-order chi connectivity index (χ0) is 25.0. The molecule has 3 atom stereocenters. The van der Waals surface area contributed by atoms with Crippen LogP contribution in [0.15, 0.2) is 22.1 Å². The molecule has 0 spiro atoms. The molecule has 1 aromatic carbocycles. The molecular formula is C24H34F3N5O2. The second kappa shape index (κ2) is 10.9. The average Bonchev–Trinajstić information content (AvgIpc) is 2.77. The molecule has 2 fully saturated rings. The van der Waals surface area contributed by atoms with Gasteiger partial charge in [0.25, 0.3) is 0 Å². The van der Waals surface area contributed by atoms with Gasteiger partial charge in [0, 0.05) is 38.4 Å². The smallest absolute Gasteiger partial charge is 0.393 e. The lowest BCUT2D eigenvalue weighted by molar-refractivity contribution is -0.137. The number of halogens is 3. The van der Waals surface area contributed by atoms with Gasteiger partial charge in [-0.25, -0.2) is 0 Å². The molecule has 0 saturated carbocycles. The van der Waals surface area contributed by atoms with Crippen LogP contribution in [0.25, 0.3) is 0 Å². The molecule has 2 heterocycles. The van der Waals surface area contributed by atoms with Gasteiger partial charge < -0.3 is 15.3 Å². The number of nitrogens with zero attached hydrogens (tertiary/aromatic N) is 4. The fourth-order valence-electron chi connectivity index (χ4n) is 4.88. The SMILES string of the molecule is C=Nc1c(N2C[C@@H](C)C[C@@H](NC(=O)C(C)N3CCC(O)CC3)C2)ccc(C(F)(F)F)c1N=CC. The number of aliphatic imine (C=N–C) groups is 2. The Morgan fingerprint density at radius 1 is 1.26 bits per heavy atom. The Morgan fingerprint density at radius 3 is 2.53 bits per heavy atom. The van der Waals surface area contributed by atoms with Crippen LogP contribution >= 0.6 is 0 Å². The Hall–Kier alpha value is -2.46. The molecule has 1 aromatic rings. The number of carbonyl (C=O) groups is 1. The predicted octanol–water partition coefficient (Wildman–Crippen LogP) is 3.94. The Kier molecular flexibility index (Phi) is 8.35. The van der Waals surface area contributed by atoms with E-state index in [1.807, 2.05) is 11.8 Å². The van der Waals surface area contributed by atoms with E-state index in [0.29, 0.717) is 44.7 Å². The van der Waals surface area contributed by atoms with Crippen LogP contribution in [0.4, 0.5) is 30.2 Å². The van der Waals surface area contributed by atoms with Crippen molar-refractivity contribution < 1.29 is 23.1 Å². The highest BCUT2D eigenvalue weighted by Gasteiger charge is 2.37. The average molecular weight is 482 g/mol. The van der Waals surface area contributed by atoms with Gasteiger partial charge in [0.2, 0.25) is 5.91 Å². The van der Waals surface area contributed by atoms with Gasteiger partial charge in [-0.15, -0.1) is 0 Å². The maximum absolute atomic E-state index is 13.6. The fraction of sp³-hybridized carbons (Fsp3) is 0.625. The minimum Gasteiger partial charge on any atom is -0.393 e. The highest BCUT2D eigenvalue weighted by atomic mass is 19.4. The van der Waals surface area contributed by atoms with Crippen LogP contribution in [-0.2, 0) is 11.0 Å². The lowest BCUT2D eigenvalue weighted by Crippen LogP contribution is -2.55. The van der Waals surface area contributed by atoms with Crippen molar-refractivity contribution in [1.82, 2.24) is 10.2 Å². The van der Waals surface area contributed by atoms with Gasteiger partial charge in [-0.1, -0.05) is 6.92 Å². The number of amides is 1. The van der Waals surface area contributed by atoms with Crippen molar-refractivity contribution >= 4 is 35.9 Å². The molecule has 0 aromatic heterocycles. The first-order valence-electron chi connectivity index (χ1n) is 11.7. The molecule has 188 valence electrons. The first-order valence-corrected chi connectivity index (χ1v) is 11.7. The van der Waals surface area contributed by atoms with E-state index in [2.05, 4.69) is 33.8 Å². The number of aliphatic hydroxyl groups is 1. The number of hydrogen-bond donors (Lipinski definition) is 2. The van der Waals surface area contributed by atoms with Crippen LogP contribution in [0.5, 0.6) is 0 Å². The second-order valence-corrected chi connectivity index (χ2v) is 9.27. The largest absolute Gasteiger partial charge is 0.418 e. The predicted molar refractivity (Wildman–Crippen MR) is 129 cm³/mol. The Morgan fingerprint density at radius 2 is 1.94 bits per heavy atom. The summed E-state index contributed by atoms with van der Waals surface area (Å²) in [7, 11) is 0. The second-order valence-electron chi connectivity index (χ2n) is 9.27. The molecule has 0 radical (unpaired) electrons. The molecular weight excluding hydrogens is 447 g/mol. The summed E-state index contributed by atoms with van der Waals surface area (Å²) in [6.07, 6.45) is -1.49. The summed E-state index contributed by atoms with van der Waals surface area (Å²) in [6.45, 7) is 11.4. The lowest BCUT2D eigenvalue weighted by atomic mass is 9.94. The van der Waals surface area contributed by atoms with Crippen molar-refractivity contribution in [2.45, 2.75) is 64.4 Å². The number of piperidine rings is 2. The third-order valence-electron chi connectivity index (χ3n) is 6.62. The van der Waals surface area contributed by atoms with Gasteiger partial charge in [-0.2, -0.15) is 13.2 Å². The van der Waals surface area contributed by atoms with E-state index in [4.69, 9.17) is 0 Å². The highest BCUT2D eigenvalue weighted by Crippen LogP contribution is 2.47. The molecule has 34 heavy (non-hydrogen) atoms. The molecule has 1 amide bonds. The zero-order valence-corrected chi connectivity index (χ0v) is 20.0. The first-order chi connectivity index (χ1) is 16.0. The van der Waals surface area contributed by atoms with E-state index in [9.17, 15) is 23.1 Å². The Labute approximate surface area is 198 Å². The third kappa shape index (κ3) is 5.96. The van der Waals surface area contributed by atoms with Gasteiger partial charge >= 0.3 is 6.18 Å². The van der Waals surface area contributed by atoms with E-state index in [1.54, 1.807) is 6.92 Å². The fourth-order valence-corrected chi connectivity index (χ4v) is 4.88. The van der Waals surface area contributed by atoms with Crippen LogP contribution in [0.1, 0.15) is 45.6 Å². The van der Waals surface area contributed by atoms with Gasteiger partial charge in [-0.3, -0.25) is 19.7 Å². The Bertz CT molecular complexity index is 913. The molecule has 0 aliphatic carbocycles. The quantitative estimate of drug-likeness (QED) is 0.604. The van der Waals surface area contributed by atoms with Crippen LogP contribution in [-0.4, -0.2) is 73.2 Å². The van der Waals surface area contributed by atoms with Crippen LogP contribution in [0.2, 0.25) is 0 Å². The van der Waals surface area contributed by atoms with Crippen molar-refractivity contribution in [2.75, 3.05) is 31.1 Å². The topological polar surface area (TPSA) is 80.5 Å². The standard InChI is InChI=1S/C24H34F3N5O2/c1-5-29-21-19(24(25,26)27)6-7-20(22(21)28-4)32-13-15(2)12-17(14-32)30-23(34)16(3)31-10-8-18(33)9-11-31/h5-7,15-18,33H,4,8-14H2,1-3H3,(H,30,34)/t15-,16?,17+/m0/s1. The number of rotatable bonds is 6. The molecule has 7 nitrogen and oxygen atoms in total. The summed E-state index contributed by atoms with van der Waals surface area (Å²) < 4.78 is 40.7. The number of aliphatic hydroxyl groups excluding tert-OH is 1. The summed E-state index contributed by atoms with van der Waals surface area (Å²) in [6, 6.07) is 1.97. The van der Waals surface area contributed by atoms with Crippen molar-refractivity contribution in [2.24, 2.45) is 15.9 Å². The van der Waals surface area contributed by atoms with Crippen molar-refractivity contribution in [3.05, 3.63) is 17.7 Å². The number of nitrogens with one attached hydrogen (secondary N) is 1. The van der Waals surface area contributed by atoms with E-state index in [-0.39, 0.29) is 41.4 Å². The third-order valence-corrected chi connectivity index (χ3v) is 6.62. The van der Waals surface area contributed by atoms with Gasteiger partial charge in [0.15, 0.2) is 0 Å². The van der Waals surface area contributed by atoms with Gasteiger partial charge in [0.1, 0.15) is 11.4 Å². The molecule has 0 bridgehead atoms. The van der Waals surface area contributed by atoms with E-state index >= 15 is 0 Å². The summed E-state index contributed by atoms with van der Waals surface area (Å²) in [5.41, 5.74) is -0.492. The molecule has 3 rings (SSSR count). The molecule has 2 N–H and O–H groups in total. The monoisotopic (exact) mass is 481 g/mol. The van der Waals surface area contributed by atoms with E-state index < -0.39 is 11.7 Å². The highest BCUT2D eigenvalue weighted by molar-refractivity contribution is 5.85. The molecule has 2 saturated heterocycles. The van der Waals surface area contributed by atoms with E-state index in [0.717, 1.165) is 12.5 Å². The number of hydrogen-bond acceptors (Lipinski definition) is 6. The normalized spacial score (nSPS) is 23.8. The summed E-state index contributed by atoms with van der Waals surface area (Å²) in [4.78, 5) is 24.9. The first kappa shape index (κ1) is 26.2. The Balaban J connectivity index is 1.80. The van der Waals surface area contributed by atoms with Crippen molar-refractivity contribution in [3.8, 4) is 0 Å². The van der Waals surface area contributed by atoms with Crippen LogP contribution in [0.3, 0.4) is 0 Å². The van der Waals surface area contributed by atoms with Crippen LogP contribution < -0.4 is 10.2 Å². The number of benzene rings is 1. The maximum atomic E-state index is 13.6. The molecule has 2 aliphatic heterocycles. The van der Waals surface area contributed by atoms with Crippen LogP contribution in [0, 0.1) is 5.92 Å². The molecule has 1 unspecified atom stereocenters. The number of likely N-dealkylation sites (tertiary alicyclic amines) is 1. The zero-order valence-electron chi connectivity index (χ0n) is 20.0.